The lowest BCUT2D eigenvalue weighted by molar-refractivity contribution is -0.154. The number of carbonyl (C=O) groups excluding carboxylic acids is 4. The first kappa shape index (κ1) is 21.0. The van der Waals surface area contributed by atoms with E-state index in [9.17, 15) is 19.2 Å². The largest absolute Gasteiger partial charge is 0.456 e. The zero-order valence-electron chi connectivity index (χ0n) is 18.0. The molecule has 0 N–H and O–H groups in total. The van der Waals surface area contributed by atoms with Crippen LogP contribution in [0.15, 0.2) is 48.2 Å². The number of likely N-dealkylation sites (tertiary alicyclic amines) is 1. The molecule has 1 aliphatic carbocycles. The third-order valence-electron chi connectivity index (χ3n) is 6.50. The summed E-state index contributed by atoms with van der Waals surface area (Å²) in [5.74, 6) is -2.57. The lowest BCUT2D eigenvalue weighted by Gasteiger charge is -2.23. The second kappa shape index (κ2) is 7.80. The van der Waals surface area contributed by atoms with Gasteiger partial charge in [0.05, 0.1) is 11.8 Å². The predicted octanol–water partition coefficient (Wildman–Crippen LogP) is 2.36. The second-order valence-corrected chi connectivity index (χ2v) is 8.78. The third kappa shape index (κ3) is 3.58. The van der Waals surface area contributed by atoms with Gasteiger partial charge >= 0.3 is 5.97 Å². The van der Waals surface area contributed by atoms with E-state index in [-0.39, 0.29) is 23.0 Å². The highest BCUT2D eigenvalue weighted by atomic mass is 16.5. The number of para-hydroxylation sites is 1. The molecule has 7 nitrogen and oxygen atoms in total. The van der Waals surface area contributed by atoms with E-state index < -0.39 is 31.0 Å². The number of hydrogen-bond donors (Lipinski definition) is 0. The van der Waals surface area contributed by atoms with Crippen molar-refractivity contribution in [2.45, 2.75) is 32.1 Å². The normalized spacial score (nSPS) is 25.1. The summed E-state index contributed by atoms with van der Waals surface area (Å²) >= 11 is 0. The van der Waals surface area contributed by atoms with Crippen LogP contribution in [0.2, 0.25) is 0 Å². The number of rotatable bonds is 5. The minimum atomic E-state index is -0.762. The number of likely N-dealkylation sites (N-methyl/N-ethyl adjacent to an activating group) is 1. The van der Waals surface area contributed by atoms with Crippen molar-refractivity contribution in [2.24, 2.45) is 11.8 Å². The zero-order valence-corrected chi connectivity index (χ0v) is 18.0. The molecular weight excluding hydrogens is 396 g/mol. The van der Waals surface area contributed by atoms with E-state index in [0.717, 1.165) is 21.8 Å². The maximum atomic E-state index is 12.5. The van der Waals surface area contributed by atoms with Crippen molar-refractivity contribution in [3.05, 3.63) is 53.8 Å². The van der Waals surface area contributed by atoms with Crippen LogP contribution in [0.1, 0.15) is 32.3 Å². The third-order valence-corrected chi connectivity index (χ3v) is 6.50. The molecule has 4 rings (SSSR count). The number of hydrogen-bond acceptors (Lipinski definition) is 6. The van der Waals surface area contributed by atoms with Gasteiger partial charge in [0.2, 0.25) is 11.8 Å². The van der Waals surface area contributed by atoms with Crippen LogP contribution >= 0.6 is 0 Å². The molecule has 31 heavy (non-hydrogen) atoms. The number of allylic oxidation sites excluding steroid dienone is 3. The first-order chi connectivity index (χ1) is 14.7. The van der Waals surface area contributed by atoms with Crippen LogP contribution in [0.4, 0.5) is 5.69 Å². The van der Waals surface area contributed by atoms with Crippen molar-refractivity contribution in [2.75, 3.05) is 25.1 Å². The number of benzene rings is 1. The van der Waals surface area contributed by atoms with Crippen LogP contribution in [-0.4, -0.2) is 48.7 Å². The number of nitrogens with zero attached hydrogens (tertiary/aromatic N) is 2. The van der Waals surface area contributed by atoms with E-state index in [1.54, 1.807) is 0 Å². The maximum absolute atomic E-state index is 12.5. The molecule has 0 saturated carbocycles. The van der Waals surface area contributed by atoms with Crippen molar-refractivity contribution in [3.63, 3.8) is 0 Å². The highest BCUT2D eigenvalue weighted by Gasteiger charge is 2.47. The summed E-state index contributed by atoms with van der Waals surface area (Å²) < 4.78 is 5.09. The van der Waals surface area contributed by atoms with E-state index in [1.807, 2.05) is 62.2 Å². The van der Waals surface area contributed by atoms with Crippen LogP contribution < -0.4 is 4.90 Å². The highest BCUT2D eigenvalue weighted by Crippen LogP contribution is 2.46. The highest BCUT2D eigenvalue weighted by molar-refractivity contribution is 6.07. The fraction of sp³-hybridized carbons (Fsp3) is 0.417. The van der Waals surface area contributed by atoms with Crippen LogP contribution in [0.5, 0.6) is 0 Å². The van der Waals surface area contributed by atoms with Gasteiger partial charge in [-0.15, -0.1) is 0 Å². The Morgan fingerprint density at radius 2 is 1.71 bits per heavy atom. The van der Waals surface area contributed by atoms with Gasteiger partial charge < -0.3 is 9.64 Å². The van der Waals surface area contributed by atoms with Gasteiger partial charge in [0.1, 0.15) is 6.54 Å². The number of amides is 2. The number of ketones is 1. The van der Waals surface area contributed by atoms with Crippen LogP contribution in [0.3, 0.4) is 0 Å². The summed E-state index contributed by atoms with van der Waals surface area (Å²) in [6.07, 6.45) is 6.30. The molecule has 0 aromatic heterocycles. The lowest BCUT2D eigenvalue weighted by Crippen LogP contribution is -2.37. The van der Waals surface area contributed by atoms with Gasteiger partial charge in [-0.05, 0) is 24.5 Å². The van der Waals surface area contributed by atoms with Crippen LogP contribution in [0, 0.1) is 11.8 Å². The van der Waals surface area contributed by atoms with Gasteiger partial charge in [-0.3, -0.25) is 24.1 Å². The average molecular weight is 422 g/mol. The Kier molecular flexibility index (Phi) is 5.29. The smallest absolute Gasteiger partial charge is 0.326 e. The maximum Gasteiger partial charge on any atom is 0.326 e. The Bertz CT molecular complexity index is 997. The predicted molar refractivity (Wildman–Crippen MR) is 114 cm³/mol. The van der Waals surface area contributed by atoms with E-state index in [2.05, 4.69) is 0 Å². The fourth-order valence-electron chi connectivity index (χ4n) is 4.80. The van der Waals surface area contributed by atoms with Crippen molar-refractivity contribution >= 4 is 29.3 Å². The molecule has 2 heterocycles. The quantitative estimate of drug-likeness (QED) is 0.314. The van der Waals surface area contributed by atoms with Gasteiger partial charge in [-0.2, -0.15) is 0 Å². The molecule has 2 atom stereocenters. The molecule has 162 valence electrons. The molecule has 2 aliphatic heterocycles. The molecule has 1 fully saturated rings. The number of carbonyl (C=O) groups is 4. The van der Waals surface area contributed by atoms with E-state index in [4.69, 9.17) is 4.74 Å². The zero-order chi connectivity index (χ0) is 22.3. The number of imide groups is 1. The van der Waals surface area contributed by atoms with Crippen LogP contribution in [-0.2, 0) is 29.3 Å². The molecule has 3 aliphatic rings. The number of anilines is 1. The molecule has 7 heteroatoms. The Hall–Kier alpha value is -3.22. The molecule has 0 spiro atoms. The van der Waals surface area contributed by atoms with E-state index in [1.165, 1.54) is 6.08 Å². The SMILES string of the molecule is CN1C(=CC(=O)COC(=O)CN2C(=O)[C@H]3CC=CC[C@@H]3C2=O)C(C)(C)c2ccccc21. The minimum absolute atomic E-state index is 0.336. The molecule has 0 unspecified atom stereocenters. The Labute approximate surface area is 181 Å². The Balaban J connectivity index is 1.37. The van der Waals surface area contributed by atoms with Crippen molar-refractivity contribution < 1.29 is 23.9 Å². The molecular formula is C24H26N2O5. The molecule has 0 radical (unpaired) electrons. The molecule has 1 aromatic carbocycles. The van der Waals surface area contributed by atoms with Gasteiger partial charge in [-0.1, -0.05) is 44.2 Å². The van der Waals surface area contributed by atoms with E-state index in [0.29, 0.717) is 12.8 Å². The number of ether oxygens (including phenoxy) is 1. The number of fused-ring (bicyclic) bond motifs is 2. The average Bonchev–Trinajstić information content (AvgIpc) is 3.11. The lowest BCUT2D eigenvalue weighted by atomic mass is 9.83. The van der Waals surface area contributed by atoms with Gasteiger partial charge in [-0.25, -0.2) is 0 Å². The fourth-order valence-corrected chi connectivity index (χ4v) is 4.80. The Morgan fingerprint density at radius 3 is 2.32 bits per heavy atom. The second-order valence-electron chi connectivity index (χ2n) is 8.78. The summed E-state index contributed by atoms with van der Waals surface area (Å²) in [6, 6.07) is 7.95. The Morgan fingerprint density at radius 1 is 1.10 bits per heavy atom. The molecule has 1 aromatic rings. The van der Waals surface area contributed by atoms with Crippen molar-refractivity contribution in [1.29, 1.82) is 0 Å². The summed E-state index contributed by atoms with van der Waals surface area (Å²) in [4.78, 5) is 52.6. The molecule has 2 amide bonds. The van der Waals surface area contributed by atoms with Crippen molar-refractivity contribution in [3.8, 4) is 0 Å². The van der Waals surface area contributed by atoms with Gasteiger partial charge in [0.25, 0.3) is 0 Å². The monoisotopic (exact) mass is 422 g/mol. The van der Waals surface area contributed by atoms with Crippen LogP contribution in [0.25, 0.3) is 0 Å². The van der Waals surface area contributed by atoms with E-state index >= 15 is 0 Å². The number of esters is 1. The van der Waals surface area contributed by atoms with Gasteiger partial charge in [0.15, 0.2) is 12.4 Å². The molecule has 0 bridgehead atoms. The van der Waals surface area contributed by atoms with Gasteiger partial charge in [0, 0.05) is 29.9 Å². The summed E-state index contributed by atoms with van der Waals surface area (Å²) in [6.45, 7) is 3.19. The summed E-state index contributed by atoms with van der Waals surface area (Å²) in [5.41, 5.74) is 2.61. The first-order valence-electron chi connectivity index (χ1n) is 10.5. The first-order valence-corrected chi connectivity index (χ1v) is 10.5. The standard InChI is InChI=1S/C24H26N2O5/c1-24(2)18-10-6-7-11-19(18)25(3)20(24)12-15(27)14-31-21(28)13-26-22(29)16-8-4-5-9-17(16)23(26)30/h4-7,10-12,16-17H,8-9,13-14H2,1-3H3/t16-,17-/m0/s1. The summed E-state index contributed by atoms with van der Waals surface area (Å²) in [5, 5.41) is 0. The summed E-state index contributed by atoms with van der Waals surface area (Å²) in [7, 11) is 1.90. The van der Waals surface area contributed by atoms with Crippen molar-refractivity contribution in [1.82, 2.24) is 4.90 Å². The minimum Gasteiger partial charge on any atom is -0.456 e. The molecule has 1 saturated heterocycles. The topological polar surface area (TPSA) is 84.0 Å².